The lowest BCUT2D eigenvalue weighted by Gasteiger charge is -2.25. The second-order valence-electron chi connectivity index (χ2n) is 7.67. The van der Waals surface area contributed by atoms with Crippen LogP contribution in [-0.4, -0.2) is 50.7 Å². The van der Waals surface area contributed by atoms with E-state index >= 15 is 0 Å². The number of ether oxygens (including phenoxy) is 2. The van der Waals surface area contributed by atoms with E-state index in [1.165, 1.54) is 18.2 Å². The van der Waals surface area contributed by atoms with Crippen LogP contribution < -0.4 is 14.2 Å². The molecule has 1 aliphatic rings. The molecule has 3 aromatic rings. The smallest absolute Gasteiger partial charge is 0.276 e. The normalized spacial score (nSPS) is 14.3. The van der Waals surface area contributed by atoms with Gasteiger partial charge in [0.1, 0.15) is 11.5 Å². The van der Waals surface area contributed by atoms with Crippen molar-refractivity contribution < 1.29 is 27.2 Å². The van der Waals surface area contributed by atoms with E-state index in [9.17, 15) is 13.2 Å². The van der Waals surface area contributed by atoms with E-state index in [0.717, 1.165) is 19.3 Å². The summed E-state index contributed by atoms with van der Waals surface area (Å²) in [6.07, 6.45) is 2.97. The minimum atomic E-state index is -4.00. The number of anilines is 1. The van der Waals surface area contributed by atoms with Crippen molar-refractivity contribution in [1.29, 1.82) is 0 Å². The molecule has 2 aromatic carbocycles. The lowest BCUT2D eigenvalue weighted by Crippen LogP contribution is -2.35. The van der Waals surface area contributed by atoms with Gasteiger partial charge in [-0.1, -0.05) is 5.16 Å². The van der Waals surface area contributed by atoms with Crippen molar-refractivity contribution in [1.82, 2.24) is 10.1 Å². The molecule has 1 N–H and O–H groups in total. The molecule has 0 saturated carbocycles. The van der Waals surface area contributed by atoms with Crippen molar-refractivity contribution in [2.75, 3.05) is 31.0 Å². The molecule has 0 radical (unpaired) electrons. The number of aromatic nitrogens is 1. The quantitative estimate of drug-likeness (QED) is 0.525. The summed E-state index contributed by atoms with van der Waals surface area (Å²) in [5, 5.41) is 4.29. The fraction of sp³-hybridized carbons (Fsp3) is 0.391. The van der Waals surface area contributed by atoms with Crippen LogP contribution in [0.3, 0.4) is 0 Å². The molecular formula is C23H27N3O6S. The van der Waals surface area contributed by atoms with Gasteiger partial charge in [0.25, 0.3) is 15.9 Å². The number of piperidine rings is 1. The lowest BCUT2D eigenvalue weighted by atomic mass is 10.1. The van der Waals surface area contributed by atoms with Crippen LogP contribution in [0, 0.1) is 0 Å². The summed E-state index contributed by atoms with van der Waals surface area (Å²) in [7, 11) is -4.00. The van der Waals surface area contributed by atoms with Gasteiger partial charge in [-0.3, -0.25) is 9.52 Å². The van der Waals surface area contributed by atoms with Crippen LogP contribution >= 0.6 is 0 Å². The lowest BCUT2D eigenvalue weighted by molar-refractivity contribution is 0.0715. The van der Waals surface area contributed by atoms with Gasteiger partial charge in [0.2, 0.25) is 0 Å². The average molecular weight is 474 g/mol. The van der Waals surface area contributed by atoms with Gasteiger partial charge in [0, 0.05) is 19.2 Å². The van der Waals surface area contributed by atoms with Crippen molar-refractivity contribution in [3.05, 3.63) is 42.1 Å². The number of carbonyl (C=O) groups excluding carboxylic acids is 1. The molecule has 4 rings (SSSR count). The fourth-order valence-electron chi connectivity index (χ4n) is 3.82. The van der Waals surface area contributed by atoms with Gasteiger partial charge in [0.05, 0.1) is 29.2 Å². The number of amides is 1. The van der Waals surface area contributed by atoms with Crippen molar-refractivity contribution in [2.24, 2.45) is 0 Å². The summed E-state index contributed by atoms with van der Waals surface area (Å²) in [4.78, 5) is 14.7. The van der Waals surface area contributed by atoms with E-state index in [1.54, 1.807) is 23.1 Å². The topological polar surface area (TPSA) is 111 Å². The van der Waals surface area contributed by atoms with Crippen LogP contribution in [0.1, 0.15) is 43.6 Å². The summed E-state index contributed by atoms with van der Waals surface area (Å²) in [6, 6.07) is 9.29. The molecule has 1 aliphatic heterocycles. The Morgan fingerprint density at radius 3 is 2.55 bits per heavy atom. The molecule has 1 amide bonds. The zero-order valence-corrected chi connectivity index (χ0v) is 19.5. The molecule has 176 valence electrons. The van der Waals surface area contributed by atoms with Crippen LogP contribution in [0.4, 0.5) is 5.69 Å². The number of likely N-dealkylation sites (tertiary alicyclic amines) is 1. The van der Waals surface area contributed by atoms with Crippen LogP contribution in [0.25, 0.3) is 11.0 Å². The molecule has 0 aliphatic carbocycles. The molecule has 1 saturated heterocycles. The van der Waals surface area contributed by atoms with Gasteiger partial charge in [-0.15, -0.1) is 0 Å². The summed E-state index contributed by atoms with van der Waals surface area (Å²) in [6.45, 7) is 5.79. The van der Waals surface area contributed by atoms with Crippen LogP contribution in [0.5, 0.6) is 11.5 Å². The molecule has 9 nitrogen and oxygen atoms in total. The predicted molar refractivity (Wildman–Crippen MR) is 123 cm³/mol. The highest BCUT2D eigenvalue weighted by molar-refractivity contribution is 7.92. The van der Waals surface area contributed by atoms with E-state index in [4.69, 9.17) is 14.0 Å². The second-order valence-corrected chi connectivity index (χ2v) is 9.35. The Labute approximate surface area is 192 Å². The van der Waals surface area contributed by atoms with Gasteiger partial charge in [-0.2, -0.15) is 0 Å². The maximum atomic E-state index is 13.2. The predicted octanol–water partition coefficient (Wildman–Crippen LogP) is 4.05. The number of carbonyl (C=O) groups is 1. The molecule has 10 heteroatoms. The number of sulfonamides is 1. The van der Waals surface area contributed by atoms with Crippen molar-refractivity contribution in [2.45, 2.75) is 38.0 Å². The monoisotopic (exact) mass is 473 g/mol. The highest BCUT2D eigenvalue weighted by Gasteiger charge is 2.26. The molecule has 1 fully saturated rings. The van der Waals surface area contributed by atoms with E-state index in [0.29, 0.717) is 48.8 Å². The molecular weight excluding hydrogens is 446 g/mol. The summed E-state index contributed by atoms with van der Waals surface area (Å²) >= 11 is 0. The third-order valence-electron chi connectivity index (χ3n) is 5.40. The highest BCUT2D eigenvalue weighted by atomic mass is 32.2. The van der Waals surface area contributed by atoms with Gasteiger partial charge in [0.15, 0.2) is 11.3 Å². The number of hydrogen-bond donors (Lipinski definition) is 1. The molecule has 1 aromatic heterocycles. The van der Waals surface area contributed by atoms with Crippen molar-refractivity contribution in [3.63, 3.8) is 0 Å². The Morgan fingerprint density at radius 1 is 1.06 bits per heavy atom. The highest BCUT2D eigenvalue weighted by Crippen LogP contribution is 2.32. The van der Waals surface area contributed by atoms with Gasteiger partial charge in [-0.25, -0.2) is 8.42 Å². The standard InChI is InChI=1S/C23H27N3O6S/c1-3-30-16-8-10-21(31-4-2)19(14-16)25-33(28,29)17-9-11-20-18(15-17)22(24-32-20)23(27)26-12-6-5-7-13-26/h8-11,14-15,25H,3-7,12-13H2,1-2H3. The summed E-state index contributed by atoms with van der Waals surface area (Å²) in [5.41, 5.74) is 0.734. The van der Waals surface area contributed by atoms with E-state index in [1.807, 2.05) is 13.8 Å². The first-order valence-electron chi connectivity index (χ1n) is 11.0. The Morgan fingerprint density at radius 2 is 1.82 bits per heavy atom. The first-order valence-corrected chi connectivity index (χ1v) is 12.5. The third-order valence-corrected chi connectivity index (χ3v) is 6.77. The molecule has 0 bridgehead atoms. The van der Waals surface area contributed by atoms with Crippen LogP contribution in [-0.2, 0) is 10.0 Å². The maximum Gasteiger partial charge on any atom is 0.276 e. The SMILES string of the molecule is CCOc1ccc(OCC)c(NS(=O)(=O)c2ccc3onc(C(=O)N4CCCCC4)c3c2)c1. The van der Waals surface area contributed by atoms with Crippen molar-refractivity contribution >= 4 is 32.6 Å². The molecule has 0 spiro atoms. The summed E-state index contributed by atoms with van der Waals surface area (Å²) < 4.78 is 45.4. The second kappa shape index (κ2) is 9.70. The van der Waals surface area contributed by atoms with Crippen LogP contribution in [0.15, 0.2) is 45.8 Å². The fourth-order valence-corrected chi connectivity index (χ4v) is 4.90. The molecule has 0 atom stereocenters. The zero-order chi connectivity index (χ0) is 23.4. The third kappa shape index (κ3) is 4.90. The molecule has 2 heterocycles. The number of nitrogens with one attached hydrogen (secondary N) is 1. The minimum absolute atomic E-state index is 0.0184. The largest absolute Gasteiger partial charge is 0.494 e. The van der Waals surface area contributed by atoms with Gasteiger partial charge >= 0.3 is 0 Å². The molecule has 0 unspecified atom stereocenters. The van der Waals surface area contributed by atoms with Crippen LogP contribution in [0.2, 0.25) is 0 Å². The first kappa shape index (κ1) is 22.9. The minimum Gasteiger partial charge on any atom is -0.494 e. The number of nitrogens with zero attached hydrogens (tertiary/aromatic N) is 2. The van der Waals surface area contributed by atoms with E-state index in [-0.39, 0.29) is 22.2 Å². The zero-order valence-electron chi connectivity index (χ0n) is 18.7. The van der Waals surface area contributed by atoms with E-state index < -0.39 is 10.0 Å². The number of hydrogen-bond acceptors (Lipinski definition) is 7. The Kier molecular flexibility index (Phi) is 6.73. The Balaban J connectivity index is 1.67. The van der Waals surface area contributed by atoms with Crippen molar-refractivity contribution in [3.8, 4) is 11.5 Å². The number of fused-ring (bicyclic) bond motifs is 1. The number of rotatable bonds is 8. The molecule has 33 heavy (non-hydrogen) atoms. The van der Waals surface area contributed by atoms with Gasteiger partial charge < -0.3 is 18.9 Å². The maximum absolute atomic E-state index is 13.2. The van der Waals surface area contributed by atoms with E-state index in [2.05, 4.69) is 9.88 Å². The average Bonchev–Trinajstić information content (AvgIpc) is 3.24. The first-order chi connectivity index (χ1) is 15.9. The Bertz CT molecular complexity index is 1250. The Hall–Kier alpha value is -3.27. The number of benzene rings is 2. The summed E-state index contributed by atoms with van der Waals surface area (Å²) in [5.74, 6) is 0.651. The van der Waals surface area contributed by atoms with Gasteiger partial charge in [-0.05, 0) is 63.4 Å².